The van der Waals surface area contributed by atoms with Crippen molar-refractivity contribution in [2.75, 3.05) is 13.1 Å². The molecule has 14 heavy (non-hydrogen) atoms. The van der Waals surface area contributed by atoms with E-state index in [1.807, 2.05) is 0 Å². The van der Waals surface area contributed by atoms with Crippen LogP contribution in [-0.2, 0) is 6.54 Å². The topological polar surface area (TPSA) is 71.2 Å². The number of thiazole rings is 1. The zero-order valence-corrected chi connectivity index (χ0v) is 8.51. The van der Waals surface area contributed by atoms with Crippen LogP contribution in [0.4, 0.5) is 0 Å². The number of carbonyl (C=O) groups excluding carboxylic acids is 1. The molecule has 0 bridgehead atoms. The fraction of sp³-hybridized carbons (Fsp3) is 0.500. The SMILES string of the molecule is NCc1nc(C(=O)N2CCCN2)cs1. The van der Waals surface area contributed by atoms with Gasteiger partial charge in [0.15, 0.2) is 0 Å². The molecule has 0 radical (unpaired) electrons. The maximum absolute atomic E-state index is 11.7. The second kappa shape index (κ2) is 4.04. The minimum atomic E-state index is -0.0570. The molecular formula is C8H12N4OS. The van der Waals surface area contributed by atoms with Gasteiger partial charge in [-0.3, -0.25) is 9.80 Å². The molecule has 0 aromatic carbocycles. The first-order chi connectivity index (χ1) is 6.81. The van der Waals surface area contributed by atoms with Crippen LogP contribution >= 0.6 is 11.3 Å². The summed E-state index contributed by atoms with van der Waals surface area (Å²) in [6.07, 6.45) is 1.000. The van der Waals surface area contributed by atoms with E-state index in [-0.39, 0.29) is 5.91 Å². The number of hydrogen-bond acceptors (Lipinski definition) is 5. The molecule has 1 aromatic rings. The summed E-state index contributed by atoms with van der Waals surface area (Å²) in [5.41, 5.74) is 8.91. The Morgan fingerprint density at radius 2 is 2.64 bits per heavy atom. The molecule has 2 rings (SSSR count). The van der Waals surface area contributed by atoms with Crippen LogP contribution in [0.5, 0.6) is 0 Å². The number of carbonyl (C=O) groups is 1. The Hall–Kier alpha value is -0.980. The highest BCUT2D eigenvalue weighted by molar-refractivity contribution is 7.09. The van der Waals surface area contributed by atoms with E-state index < -0.39 is 0 Å². The smallest absolute Gasteiger partial charge is 0.287 e. The van der Waals surface area contributed by atoms with E-state index >= 15 is 0 Å². The number of hydrazine groups is 1. The molecule has 1 aliphatic heterocycles. The fourth-order valence-corrected chi connectivity index (χ4v) is 1.99. The molecule has 1 aliphatic rings. The van der Waals surface area contributed by atoms with Gasteiger partial charge >= 0.3 is 0 Å². The number of aromatic nitrogens is 1. The van der Waals surface area contributed by atoms with Gasteiger partial charge in [0.1, 0.15) is 10.7 Å². The van der Waals surface area contributed by atoms with Crippen LogP contribution in [0.3, 0.4) is 0 Å². The van der Waals surface area contributed by atoms with Crippen molar-refractivity contribution >= 4 is 17.2 Å². The second-order valence-corrected chi connectivity index (χ2v) is 3.99. The van der Waals surface area contributed by atoms with Crippen LogP contribution < -0.4 is 11.2 Å². The summed E-state index contributed by atoms with van der Waals surface area (Å²) in [4.78, 5) is 15.9. The van der Waals surface area contributed by atoms with Crippen molar-refractivity contribution in [2.24, 2.45) is 5.73 Å². The molecule has 1 aromatic heterocycles. The molecule has 1 saturated heterocycles. The van der Waals surface area contributed by atoms with Gasteiger partial charge < -0.3 is 5.73 Å². The first-order valence-corrected chi connectivity index (χ1v) is 5.39. The number of rotatable bonds is 2. The van der Waals surface area contributed by atoms with Crippen molar-refractivity contribution in [3.63, 3.8) is 0 Å². The van der Waals surface area contributed by atoms with Crippen LogP contribution in [0.1, 0.15) is 21.9 Å². The summed E-state index contributed by atoms with van der Waals surface area (Å²) in [6, 6.07) is 0. The number of hydrogen-bond donors (Lipinski definition) is 2. The van der Waals surface area contributed by atoms with Crippen molar-refractivity contribution in [2.45, 2.75) is 13.0 Å². The molecule has 76 valence electrons. The van der Waals surface area contributed by atoms with Crippen LogP contribution in [0.2, 0.25) is 0 Å². The first kappa shape index (κ1) is 9.57. The molecule has 1 fully saturated rings. The third-order valence-corrected chi connectivity index (χ3v) is 2.92. The van der Waals surface area contributed by atoms with Gasteiger partial charge in [-0.25, -0.2) is 10.4 Å². The molecule has 0 aliphatic carbocycles. The van der Waals surface area contributed by atoms with Crippen molar-refractivity contribution < 1.29 is 4.79 Å². The van der Waals surface area contributed by atoms with Crippen molar-refractivity contribution in [3.8, 4) is 0 Å². The fourth-order valence-electron chi connectivity index (χ4n) is 1.34. The lowest BCUT2D eigenvalue weighted by Gasteiger charge is -2.13. The number of nitrogens with one attached hydrogen (secondary N) is 1. The van der Waals surface area contributed by atoms with Crippen LogP contribution in [0.15, 0.2) is 5.38 Å². The summed E-state index contributed by atoms with van der Waals surface area (Å²) in [5.74, 6) is -0.0570. The maximum Gasteiger partial charge on any atom is 0.287 e. The standard InChI is InChI=1S/C8H12N4OS/c9-4-7-11-6(5-14-7)8(13)12-3-1-2-10-12/h5,10H,1-4,9H2. The van der Waals surface area contributed by atoms with E-state index in [4.69, 9.17) is 5.73 Å². The van der Waals surface area contributed by atoms with Crippen LogP contribution in [-0.4, -0.2) is 29.0 Å². The molecule has 5 nitrogen and oxygen atoms in total. The molecule has 3 N–H and O–H groups in total. The van der Waals surface area contributed by atoms with Crippen LogP contribution in [0, 0.1) is 0 Å². The minimum Gasteiger partial charge on any atom is -0.325 e. The zero-order valence-electron chi connectivity index (χ0n) is 7.69. The molecular weight excluding hydrogens is 200 g/mol. The lowest BCUT2D eigenvalue weighted by atomic mass is 10.4. The molecule has 2 heterocycles. The summed E-state index contributed by atoms with van der Waals surface area (Å²) in [6.45, 7) is 2.01. The predicted molar refractivity (Wildman–Crippen MR) is 53.7 cm³/mol. The zero-order chi connectivity index (χ0) is 9.97. The lowest BCUT2D eigenvalue weighted by Crippen LogP contribution is -2.37. The van der Waals surface area contributed by atoms with Crippen molar-refractivity contribution in [1.29, 1.82) is 0 Å². The normalized spacial score (nSPS) is 16.2. The molecule has 0 atom stereocenters. The third kappa shape index (κ3) is 1.77. The van der Waals surface area contributed by atoms with Crippen molar-refractivity contribution in [1.82, 2.24) is 15.4 Å². The number of nitrogens with two attached hydrogens (primary N) is 1. The largest absolute Gasteiger partial charge is 0.325 e. The highest BCUT2D eigenvalue weighted by Gasteiger charge is 2.21. The van der Waals surface area contributed by atoms with Gasteiger partial charge in [0.2, 0.25) is 0 Å². The van der Waals surface area contributed by atoms with Gasteiger partial charge in [-0.2, -0.15) is 0 Å². The highest BCUT2D eigenvalue weighted by Crippen LogP contribution is 2.11. The summed E-state index contributed by atoms with van der Waals surface area (Å²) in [7, 11) is 0. The minimum absolute atomic E-state index is 0.0570. The van der Waals surface area contributed by atoms with E-state index in [2.05, 4.69) is 10.4 Å². The van der Waals surface area contributed by atoms with Gasteiger partial charge in [0, 0.05) is 25.0 Å². The summed E-state index contributed by atoms with van der Waals surface area (Å²) in [5, 5.41) is 4.16. The predicted octanol–water partition coefficient (Wildman–Crippen LogP) is -0.0477. The average Bonchev–Trinajstić information content (AvgIpc) is 2.88. The Balaban J connectivity index is 2.09. The van der Waals surface area contributed by atoms with Crippen LogP contribution in [0.25, 0.3) is 0 Å². The Labute approximate surface area is 85.9 Å². The maximum atomic E-state index is 11.7. The number of amides is 1. The second-order valence-electron chi connectivity index (χ2n) is 3.05. The molecule has 0 spiro atoms. The Morgan fingerprint density at radius 1 is 1.79 bits per heavy atom. The Bertz CT molecular complexity index is 332. The Kier molecular flexibility index (Phi) is 2.76. The van der Waals surface area contributed by atoms with Gasteiger partial charge in [0.25, 0.3) is 5.91 Å². The summed E-state index contributed by atoms with van der Waals surface area (Å²) >= 11 is 1.43. The Morgan fingerprint density at radius 3 is 3.21 bits per heavy atom. The van der Waals surface area contributed by atoms with Gasteiger partial charge in [0.05, 0.1) is 0 Å². The van der Waals surface area contributed by atoms with Gasteiger partial charge in [-0.15, -0.1) is 11.3 Å². The molecule has 1 amide bonds. The quantitative estimate of drug-likeness (QED) is 0.721. The van der Waals surface area contributed by atoms with E-state index in [1.165, 1.54) is 11.3 Å². The lowest BCUT2D eigenvalue weighted by molar-refractivity contribution is 0.0721. The monoisotopic (exact) mass is 212 g/mol. The van der Waals surface area contributed by atoms with Gasteiger partial charge in [-0.1, -0.05) is 0 Å². The highest BCUT2D eigenvalue weighted by atomic mass is 32.1. The first-order valence-electron chi connectivity index (χ1n) is 4.51. The van der Waals surface area contributed by atoms with E-state index in [0.29, 0.717) is 12.2 Å². The number of nitrogens with zero attached hydrogens (tertiary/aromatic N) is 2. The molecule has 0 unspecified atom stereocenters. The van der Waals surface area contributed by atoms with Gasteiger partial charge in [-0.05, 0) is 6.42 Å². The van der Waals surface area contributed by atoms with E-state index in [9.17, 15) is 4.79 Å². The third-order valence-electron chi connectivity index (χ3n) is 2.05. The summed E-state index contributed by atoms with van der Waals surface area (Å²) < 4.78 is 0. The average molecular weight is 212 g/mol. The van der Waals surface area contributed by atoms with E-state index in [0.717, 1.165) is 24.5 Å². The van der Waals surface area contributed by atoms with E-state index in [1.54, 1.807) is 10.4 Å². The molecule has 0 saturated carbocycles. The molecule has 6 heteroatoms. The van der Waals surface area contributed by atoms with Crippen molar-refractivity contribution in [3.05, 3.63) is 16.1 Å².